The second-order valence-corrected chi connectivity index (χ2v) is 4.08. The van der Waals surface area contributed by atoms with Crippen LogP contribution in [0.4, 0.5) is 0 Å². The molecule has 0 unspecified atom stereocenters. The summed E-state index contributed by atoms with van der Waals surface area (Å²) in [4.78, 5) is 15.0. The number of carboxylic acids is 1. The zero-order valence-electron chi connectivity index (χ0n) is 9.43. The molecule has 0 fully saturated rings. The average molecular weight is 219 g/mol. The molecule has 2 aromatic heterocycles. The lowest BCUT2D eigenvalue weighted by atomic mass is 10.1. The van der Waals surface area contributed by atoms with Gasteiger partial charge in [-0.3, -0.25) is 0 Å². The Labute approximate surface area is 92.7 Å². The minimum absolute atomic E-state index is 0.0624. The molecule has 0 saturated carbocycles. The summed E-state index contributed by atoms with van der Waals surface area (Å²) in [6, 6.07) is 1.52. The van der Waals surface area contributed by atoms with E-state index in [0.29, 0.717) is 5.65 Å². The van der Waals surface area contributed by atoms with E-state index in [9.17, 15) is 4.79 Å². The van der Waals surface area contributed by atoms with Gasteiger partial charge in [-0.05, 0) is 18.9 Å². The van der Waals surface area contributed by atoms with E-state index in [1.54, 1.807) is 10.7 Å². The maximum atomic E-state index is 10.9. The van der Waals surface area contributed by atoms with Crippen molar-refractivity contribution in [3.8, 4) is 0 Å². The number of fused-ring (bicyclic) bond motifs is 1. The van der Waals surface area contributed by atoms with Gasteiger partial charge < -0.3 is 5.11 Å². The maximum absolute atomic E-state index is 10.9. The summed E-state index contributed by atoms with van der Waals surface area (Å²) in [5.41, 5.74) is 2.43. The summed E-state index contributed by atoms with van der Waals surface area (Å²) in [7, 11) is 0. The van der Waals surface area contributed by atoms with Gasteiger partial charge in [0.25, 0.3) is 0 Å². The molecule has 84 valence electrons. The predicted molar refractivity (Wildman–Crippen MR) is 58.8 cm³/mol. The molecule has 0 aliphatic heterocycles. The standard InChI is InChI=1S/C11H13N3O2/c1-6(2)8-5-12-14-7(3)4-9(11(15)16)13-10(8)14/h4-6H,1-3H3,(H,15,16). The average Bonchev–Trinajstić information content (AvgIpc) is 2.61. The highest BCUT2D eigenvalue weighted by atomic mass is 16.4. The molecule has 1 N–H and O–H groups in total. The normalized spacial score (nSPS) is 11.2. The first-order chi connectivity index (χ1) is 7.50. The van der Waals surface area contributed by atoms with Crippen LogP contribution in [-0.2, 0) is 0 Å². The van der Waals surface area contributed by atoms with Crippen molar-refractivity contribution in [2.45, 2.75) is 26.7 Å². The molecule has 0 aliphatic carbocycles. The van der Waals surface area contributed by atoms with Crippen LogP contribution in [0.2, 0.25) is 0 Å². The quantitative estimate of drug-likeness (QED) is 0.837. The molecule has 5 heteroatoms. The third kappa shape index (κ3) is 1.54. The van der Waals surface area contributed by atoms with E-state index in [4.69, 9.17) is 5.11 Å². The second kappa shape index (κ2) is 3.59. The van der Waals surface area contributed by atoms with Crippen LogP contribution in [0.25, 0.3) is 5.65 Å². The third-order valence-corrected chi connectivity index (χ3v) is 2.52. The number of hydrogen-bond donors (Lipinski definition) is 1. The fourth-order valence-electron chi connectivity index (χ4n) is 1.65. The predicted octanol–water partition coefficient (Wildman–Crippen LogP) is 1.86. The van der Waals surface area contributed by atoms with E-state index in [-0.39, 0.29) is 11.6 Å². The number of aromatic carboxylic acids is 1. The SMILES string of the molecule is Cc1cc(C(=O)O)nc2c(C(C)C)cnn12. The smallest absolute Gasteiger partial charge is 0.354 e. The van der Waals surface area contributed by atoms with Crippen LogP contribution in [0.5, 0.6) is 0 Å². The lowest BCUT2D eigenvalue weighted by molar-refractivity contribution is 0.0690. The maximum Gasteiger partial charge on any atom is 0.354 e. The van der Waals surface area contributed by atoms with Crippen molar-refractivity contribution in [2.75, 3.05) is 0 Å². The highest BCUT2D eigenvalue weighted by molar-refractivity contribution is 5.86. The van der Waals surface area contributed by atoms with Crippen LogP contribution in [-0.4, -0.2) is 25.7 Å². The fraction of sp³-hybridized carbons (Fsp3) is 0.364. The first-order valence-electron chi connectivity index (χ1n) is 5.09. The summed E-state index contributed by atoms with van der Waals surface area (Å²) in [6.45, 7) is 5.88. The van der Waals surface area contributed by atoms with Crippen molar-refractivity contribution < 1.29 is 9.90 Å². The topological polar surface area (TPSA) is 67.5 Å². The Kier molecular flexibility index (Phi) is 2.38. The summed E-state index contributed by atoms with van der Waals surface area (Å²) < 4.78 is 1.67. The monoisotopic (exact) mass is 219 g/mol. The highest BCUT2D eigenvalue weighted by Crippen LogP contribution is 2.20. The summed E-state index contributed by atoms with van der Waals surface area (Å²) >= 11 is 0. The van der Waals surface area contributed by atoms with E-state index in [1.807, 2.05) is 20.8 Å². The van der Waals surface area contributed by atoms with Crippen LogP contribution in [0.3, 0.4) is 0 Å². The van der Waals surface area contributed by atoms with Gasteiger partial charge >= 0.3 is 5.97 Å². The van der Waals surface area contributed by atoms with Crippen molar-refractivity contribution in [3.63, 3.8) is 0 Å². The Morgan fingerprint density at radius 3 is 2.75 bits per heavy atom. The minimum Gasteiger partial charge on any atom is -0.477 e. The van der Waals surface area contributed by atoms with Crippen LogP contribution in [0.1, 0.15) is 41.5 Å². The number of hydrogen-bond acceptors (Lipinski definition) is 3. The lowest BCUT2D eigenvalue weighted by Gasteiger charge is -2.04. The zero-order chi connectivity index (χ0) is 11.9. The Morgan fingerprint density at radius 2 is 2.19 bits per heavy atom. The van der Waals surface area contributed by atoms with Crippen LogP contribution < -0.4 is 0 Å². The number of aryl methyl sites for hydroxylation is 1. The molecule has 2 rings (SSSR count). The van der Waals surface area contributed by atoms with E-state index in [2.05, 4.69) is 10.1 Å². The van der Waals surface area contributed by atoms with E-state index in [1.165, 1.54) is 6.07 Å². The van der Waals surface area contributed by atoms with Gasteiger partial charge in [0.05, 0.1) is 6.20 Å². The molecule has 0 aliphatic rings. The fourth-order valence-corrected chi connectivity index (χ4v) is 1.65. The Hall–Kier alpha value is -1.91. The van der Waals surface area contributed by atoms with Gasteiger partial charge in [-0.25, -0.2) is 14.3 Å². The number of carboxylic acid groups (broad SMARTS) is 1. The largest absolute Gasteiger partial charge is 0.477 e. The van der Waals surface area contributed by atoms with Crippen molar-refractivity contribution in [3.05, 3.63) is 29.2 Å². The Balaban J connectivity index is 2.76. The van der Waals surface area contributed by atoms with Gasteiger partial charge in [0.1, 0.15) is 0 Å². The number of aromatic nitrogens is 3. The molecular formula is C11H13N3O2. The molecule has 16 heavy (non-hydrogen) atoms. The molecule has 0 atom stereocenters. The van der Waals surface area contributed by atoms with Gasteiger partial charge in [0.15, 0.2) is 11.3 Å². The van der Waals surface area contributed by atoms with Crippen LogP contribution >= 0.6 is 0 Å². The number of rotatable bonds is 2. The van der Waals surface area contributed by atoms with E-state index >= 15 is 0 Å². The van der Waals surface area contributed by atoms with Gasteiger partial charge in [-0.15, -0.1) is 0 Å². The number of nitrogens with zero attached hydrogens (tertiary/aromatic N) is 3. The first kappa shape index (κ1) is 10.6. The highest BCUT2D eigenvalue weighted by Gasteiger charge is 2.14. The van der Waals surface area contributed by atoms with Crippen LogP contribution in [0, 0.1) is 6.92 Å². The molecule has 5 nitrogen and oxygen atoms in total. The molecular weight excluding hydrogens is 206 g/mol. The molecule has 0 aromatic carbocycles. The first-order valence-corrected chi connectivity index (χ1v) is 5.09. The van der Waals surface area contributed by atoms with E-state index in [0.717, 1.165) is 11.3 Å². The molecule has 2 heterocycles. The molecule has 0 spiro atoms. The van der Waals surface area contributed by atoms with Crippen molar-refractivity contribution in [1.82, 2.24) is 14.6 Å². The van der Waals surface area contributed by atoms with Gasteiger partial charge in [-0.1, -0.05) is 13.8 Å². The molecule has 2 aromatic rings. The number of carbonyl (C=O) groups is 1. The second-order valence-electron chi connectivity index (χ2n) is 4.08. The summed E-state index contributed by atoms with van der Waals surface area (Å²) in [5.74, 6) is -0.741. The van der Waals surface area contributed by atoms with Crippen molar-refractivity contribution in [2.24, 2.45) is 0 Å². The molecule has 0 amide bonds. The summed E-state index contributed by atoms with van der Waals surface area (Å²) in [5, 5.41) is 13.1. The van der Waals surface area contributed by atoms with Gasteiger partial charge in [0.2, 0.25) is 0 Å². The van der Waals surface area contributed by atoms with Gasteiger partial charge in [0, 0.05) is 11.3 Å². The minimum atomic E-state index is -1.01. The third-order valence-electron chi connectivity index (χ3n) is 2.52. The lowest BCUT2D eigenvalue weighted by Crippen LogP contribution is -2.06. The van der Waals surface area contributed by atoms with Gasteiger partial charge in [-0.2, -0.15) is 5.10 Å². The zero-order valence-corrected chi connectivity index (χ0v) is 9.43. The molecule has 0 bridgehead atoms. The van der Waals surface area contributed by atoms with E-state index < -0.39 is 5.97 Å². The van der Waals surface area contributed by atoms with Crippen molar-refractivity contribution in [1.29, 1.82) is 0 Å². The summed E-state index contributed by atoms with van der Waals surface area (Å²) in [6.07, 6.45) is 1.74. The molecule has 0 saturated heterocycles. The van der Waals surface area contributed by atoms with Crippen molar-refractivity contribution >= 4 is 11.6 Å². The molecule has 0 radical (unpaired) electrons. The Bertz CT molecular complexity index is 558. The van der Waals surface area contributed by atoms with Crippen LogP contribution in [0.15, 0.2) is 12.3 Å². The Morgan fingerprint density at radius 1 is 1.50 bits per heavy atom.